The molecule has 0 aliphatic rings. The Hall–Kier alpha value is -4.21. The third kappa shape index (κ3) is 4.75. The molecular formula is C24H25FN6O3. The SMILES string of the molecule is CCCOc1cnc2ccn([C@H](C)C(=O)NNc3ccc(-c4cnn(C)c4)cc3F)c(=O)c2c1. The summed E-state index contributed by atoms with van der Waals surface area (Å²) < 4.78 is 23.1. The Kier molecular flexibility index (Phi) is 6.58. The second kappa shape index (κ2) is 9.74. The van der Waals surface area contributed by atoms with Crippen LogP contribution in [0.5, 0.6) is 5.75 Å². The highest BCUT2D eigenvalue weighted by Gasteiger charge is 2.18. The van der Waals surface area contributed by atoms with Crippen molar-refractivity contribution in [3.63, 3.8) is 0 Å². The smallest absolute Gasteiger partial charge is 0.261 e. The second-order valence-electron chi connectivity index (χ2n) is 7.87. The minimum Gasteiger partial charge on any atom is -0.492 e. The summed E-state index contributed by atoms with van der Waals surface area (Å²) in [6.07, 6.45) is 7.32. The zero-order valence-corrected chi connectivity index (χ0v) is 19.1. The van der Waals surface area contributed by atoms with Gasteiger partial charge in [0.2, 0.25) is 0 Å². The minimum atomic E-state index is -0.859. The Balaban J connectivity index is 1.48. The summed E-state index contributed by atoms with van der Waals surface area (Å²) in [4.78, 5) is 30.0. The van der Waals surface area contributed by atoms with E-state index in [1.807, 2.05) is 6.92 Å². The number of amides is 1. The number of carbonyl (C=O) groups excluding carboxylic acids is 1. The fourth-order valence-corrected chi connectivity index (χ4v) is 3.45. The monoisotopic (exact) mass is 464 g/mol. The maximum atomic E-state index is 14.6. The van der Waals surface area contributed by atoms with Gasteiger partial charge in [0.25, 0.3) is 11.5 Å². The van der Waals surface area contributed by atoms with Gasteiger partial charge in [0.15, 0.2) is 0 Å². The van der Waals surface area contributed by atoms with Crippen LogP contribution in [-0.2, 0) is 11.8 Å². The Morgan fingerprint density at radius 3 is 2.74 bits per heavy atom. The van der Waals surface area contributed by atoms with Crippen LogP contribution >= 0.6 is 0 Å². The van der Waals surface area contributed by atoms with E-state index in [9.17, 15) is 14.0 Å². The molecule has 3 heterocycles. The molecular weight excluding hydrogens is 439 g/mol. The number of hydrogen-bond acceptors (Lipinski definition) is 6. The molecule has 1 aromatic carbocycles. The number of aromatic nitrogens is 4. The molecule has 0 bridgehead atoms. The minimum absolute atomic E-state index is 0.0981. The third-order valence-corrected chi connectivity index (χ3v) is 5.35. The molecule has 0 saturated carbocycles. The van der Waals surface area contributed by atoms with E-state index in [2.05, 4.69) is 20.9 Å². The summed E-state index contributed by atoms with van der Waals surface area (Å²) >= 11 is 0. The lowest BCUT2D eigenvalue weighted by molar-refractivity contribution is -0.123. The van der Waals surface area contributed by atoms with Crippen LogP contribution in [0.1, 0.15) is 26.3 Å². The Morgan fingerprint density at radius 2 is 2.03 bits per heavy atom. The summed E-state index contributed by atoms with van der Waals surface area (Å²) in [7, 11) is 1.78. The van der Waals surface area contributed by atoms with E-state index in [0.717, 1.165) is 12.0 Å². The van der Waals surface area contributed by atoms with Crippen molar-refractivity contribution in [3.05, 3.63) is 71.3 Å². The fourth-order valence-electron chi connectivity index (χ4n) is 3.45. The van der Waals surface area contributed by atoms with Crippen molar-refractivity contribution in [1.29, 1.82) is 0 Å². The number of ether oxygens (including phenoxy) is 1. The summed E-state index contributed by atoms with van der Waals surface area (Å²) in [6.45, 7) is 4.08. The first-order chi connectivity index (χ1) is 16.4. The lowest BCUT2D eigenvalue weighted by Gasteiger charge is -2.17. The molecule has 4 aromatic rings. The molecule has 0 radical (unpaired) electrons. The standard InChI is InChI=1S/C24H25FN6O3/c1-4-9-34-18-11-19-21(26-13-18)7-8-31(24(19)33)15(2)23(32)29-28-22-6-5-16(10-20(22)25)17-12-27-30(3)14-17/h5-8,10-15,28H,4,9H2,1-3H3,(H,29,32)/t15-/m1/s1. The topological polar surface area (TPSA) is 103 Å². The van der Waals surface area contributed by atoms with E-state index < -0.39 is 17.8 Å². The molecule has 3 aromatic heterocycles. The summed E-state index contributed by atoms with van der Waals surface area (Å²) in [6, 6.07) is 7.02. The number of carbonyl (C=O) groups is 1. The van der Waals surface area contributed by atoms with Crippen LogP contribution in [0, 0.1) is 5.82 Å². The van der Waals surface area contributed by atoms with Crippen molar-refractivity contribution in [1.82, 2.24) is 24.8 Å². The van der Waals surface area contributed by atoms with Gasteiger partial charge in [-0.2, -0.15) is 5.10 Å². The van der Waals surface area contributed by atoms with E-state index >= 15 is 0 Å². The van der Waals surface area contributed by atoms with Gasteiger partial charge in [0, 0.05) is 25.0 Å². The van der Waals surface area contributed by atoms with Gasteiger partial charge in [-0.3, -0.25) is 30.1 Å². The maximum Gasteiger partial charge on any atom is 0.261 e. The highest BCUT2D eigenvalue weighted by Crippen LogP contribution is 2.23. The Labute approximate surface area is 195 Å². The summed E-state index contributed by atoms with van der Waals surface area (Å²) in [5, 5.41) is 4.43. The largest absolute Gasteiger partial charge is 0.492 e. The number of benzene rings is 1. The van der Waals surface area contributed by atoms with E-state index in [1.54, 1.807) is 55.4 Å². The van der Waals surface area contributed by atoms with Crippen LogP contribution in [0.3, 0.4) is 0 Å². The van der Waals surface area contributed by atoms with Crippen LogP contribution in [0.25, 0.3) is 22.0 Å². The average Bonchev–Trinajstić information content (AvgIpc) is 3.28. The molecule has 10 heteroatoms. The number of fused-ring (bicyclic) bond motifs is 1. The van der Waals surface area contributed by atoms with Gasteiger partial charge >= 0.3 is 0 Å². The molecule has 1 amide bonds. The van der Waals surface area contributed by atoms with E-state index in [-0.39, 0.29) is 11.2 Å². The van der Waals surface area contributed by atoms with E-state index in [4.69, 9.17) is 4.74 Å². The van der Waals surface area contributed by atoms with Crippen molar-refractivity contribution in [3.8, 4) is 16.9 Å². The van der Waals surface area contributed by atoms with Crippen LogP contribution in [-0.4, -0.2) is 31.8 Å². The average molecular weight is 465 g/mol. The van der Waals surface area contributed by atoms with Crippen LogP contribution in [0.15, 0.2) is 59.9 Å². The number of rotatable bonds is 8. The first-order valence-corrected chi connectivity index (χ1v) is 10.9. The number of pyridine rings is 2. The van der Waals surface area contributed by atoms with E-state index in [0.29, 0.717) is 28.8 Å². The molecule has 4 rings (SSSR count). The number of nitrogens with zero attached hydrogens (tertiary/aromatic N) is 4. The Morgan fingerprint density at radius 1 is 1.21 bits per heavy atom. The molecule has 9 nitrogen and oxygen atoms in total. The number of halogens is 1. The van der Waals surface area contributed by atoms with Gasteiger partial charge in [-0.15, -0.1) is 0 Å². The van der Waals surface area contributed by atoms with Crippen molar-refractivity contribution in [2.24, 2.45) is 7.05 Å². The number of aryl methyl sites for hydroxylation is 1. The van der Waals surface area contributed by atoms with Crippen LogP contribution in [0.4, 0.5) is 10.1 Å². The molecule has 2 N–H and O–H groups in total. The second-order valence-corrected chi connectivity index (χ2v) is 7.87. The summed E-state index contributed by atoms with van der Waals surface area (Å²) in [5.41, 5.74) is 6.73. The highest BCUT2D eigenvalue weighted by molar-refractivity contribution is 5.83. The highest BCUT2D eigenvalue weighted by atomic mass is 19.1. The van der Waals surface area contributed by atoms with Gasteiger partial charge in [-0.05, 0) is 43.2 Å². The van der Waals surface area contributed by atoms with Crippen molar-refractivity contribution in [2.75, 3.05) is 12.0 Å². The molecule has 0 unspecified atom stereocenters. The van der Waals surface area contributed by atoms with Crippen LogP contribution in [0.2, 0.25) is 0 Å². The van der Waals surface area contributed by atoms with Gasteiger partial charge in [0.05, 0.1) is 35.6 Å². The normalized spacial score (nSPS) is 11.9. The van der Waals surface area contributed by atoms with E-state index in [1.165, 1.54) is 22.9 Å². The lowest BCUT2D eigenvalue weighted by atomic mass is 10.1. The predicted octanol–water partition coefficient (Wildman–Crippen LogP) is 3.43. The maximum absolute atomic E-state index is 14.6. The number of hydrogen-bond donors (Lipinski definition) is 2. The first-order valence-electron chi connectivity index (χ1n) is 10.9. The molecule has 0 spiro atoms. The predicted molar refractivity (Wildman–Crippen MR) is 127 cm³/mol. The Bertz CT molecular complexity index is 1400. The molecule has 0 aliphatic carbocycles. The zero-order valence-electron chi connectivity index (χ0n) is 19.1. The molecule has 0 aliphatic heterocycles. The quantitative estimate of drug-likeness (QED) is 0.387. The van der Waals surface area contributed by atoms with Gasteiger partial charge in [-0.25, -0.2) is 4.39 Å². The molecule has 176 valence electrons. The van der Waals surface area contributed by atoms with Crippen LogP contribution < -0.4 is 21.1 Å². The number of hydrazine groups is 1. The molecule has 0 fully saturated rings. The molecule has 0 saturated heterocycles. The molecule has 1 atom stereocenters. The molecule has 34 heavy (non-hydrogen) atoms. The van der Waals surface area contributed by atoms with Crippen molar-refractivity contribution >= 4 is 22.5 Å². The third-order valence-electron chi connectivity index (χ3n) is 5.35. The first kappa shape index (κ1) is 23.0. The van der Waals surface area contributed by atoms with Gasteiger partial charge < -0.3 is 9.30 Å². The summed E-state index contributed by atoms with van der Waals surface area (Å²) in [5.74, 6) is -0.556. The van der Waals surface area contributed by atoms with Gasteiger partial charge in [-0.1, -0.05) is 13.0 Å². The van der Waals surface area contributed by atoms with Gasteiger partial charge in [0.1, 0.15) is 17.6 Å². The number of nitrogens with one attached hydrogen (secondary N) is 2. The fraction of sp³-hybridized carbons (Fsp3) is 0.250. The number of anilines is 1. The van der Waals surface area contributed by atoms with Crippen molar-refractivity contribution in [2.45, 2.75) is 26.3 Å². The lowest BCUT2D eigenvalue weighted by Crippen LogP contribution is -2.38. The zero-order chi connectivity index (χ0) is 24.2. The van der Waals surface area contributed by atoms with Crippen molar-refractivity contribution < 1.29 is 13.9 Å².